The lowest BCUT2D eigenvalue weighted by Gasteiger charge is -2.32. The van der Waals surface area contributed by atoms with Gasteiger partial charge in [0.05, 0.1) is 42.9 Å². The van der Waals surface area contributed by atoms with Crippen LogP contribution in [0.1, 0.15) is 23.4 Å². The van der Waals surface area contributed by atoms with Crippen LogP contribution in [0.3, 0.4) is 0 Å². The van der Waals surface area contributed by atoms with Gasteiger partial charge in [0.2, 0.25) is 0 Å². The lowest BCUT2D eigenvalue weighted by atomic mass is 10.1. The molecule has 7 heteroatoms. The van der Waals surface area contributed by atoms with Crippen molar-refractivity contribution < 1.29 is 18.4 Å². The summed E-state index contributed by atoms with van der Waals surface area (Å²) in [7, 11) is 0. The molecular formula is C16H20FN3O3. The van der Waals surface area contributed by atoms with E-state index in [1.165, 1.54) is 6.20 Å². The van der Waals surface area contributed by atoms with Crippen LogP contribution in [0.2, 0.25) is 0 Å². The number of halogens is 1. The Labute approximate surface area is 134 Å². The maximum atomic E-state index is 13.8. The number of anilines is 1. The third-order valence-electron chi connectivity index (χ3n) is 4.03. The van der Waals surface area contributed by atoms with Gasteiger partial charge in [-0.05, 0) is 26.3 Å². The summed E-state index contributed by atoms with van der Waals surface area (Å²) in [6.45, 7) is 5.27. The van der Waals surface area contributed by atoms with E-state index >= 15 is 0 Å². The average molecular weight is 321 g/mol. The molecule has 0 saturated carbocycles. The smallest absolute Gasteiger partial charge is 0.164 e. The minimum atomic E-state index is -0.387. The second-order valence-electron chi connectivity index (χ2n) is 5.62. The third kappa shape index (κ3) is 3.68. The van der Waals surface area contributed by atoms with Crippen LogP contribution >= 0.6 is 0 Å². The monoisotopic (exact) mass is 321 g/mol. The zero-order valence-corrected chi connectivity index (χ0v) is 13.2. The molecule has 0 aliphatic carbocycles. The Morgan fingerprint density at radius 1 is 1.43 bits per heavy atom. The number of hydrogen-bond acceptors (Lipinski definition) is 6. The Morgan fingerprint density at radius 2 is 2.30 bits per heavy atom. The molecule has 0 unspecified atom stereocenters. The van der Waals surface area contributed by atoms with Crippen molar-refractivity contribution >= 4 is 5.69 Å². The van der Waals surface area contributed by atoms with E-state index in [1.54, 1.807) is 12.3 Å². The van der Waals surface area contributed by atoms with Gasteiger partial charge in [-0.25, -0.2) is 4.39 Å². The van der Waals surface area contributed by atoms with Gasteiger partial charge in [-0.15, -0.1) is 0 Å². The summed E-state index contributed by atoms with van der Waals surface area (Å²) in [5, 5.41) is 7.08. The lowest BCUT2D eigenvalue weighted by molar-refractivity contribution is -0.0481. The average Bonchev–Trinajstić information content (AvgIpc) is 2.87. The first-order valence-corrected chi connectivity index (χ1v) is 7.62. The number of pyridine rings is 1. The summed E-state index contributed by atoms with van der Waals surface area (Å²) in [5.41, 5.74) is 2.20. The summed E-state index contributed by atoms with van der Waals surface area (Å²) in [4.78, 5) is 3.75. The second-order valence-corrected chi connectivity index (χ2v) is 5.62. The molecule has 0 aromatic carbocycles. The fraction of sp³-hybridized carbons (Fsp3) is 0.500. The van der Waals surface area contributed by atoms with Crippen molar-refractivity contribution in [2.24, 2.45) is 0 Å². The van der Waals surface area contributed by atoms with Gasteiger partial charge in [-0.1, -0.05) is 5.16 Å². The molecule has 2 aromatic rings. The van der Waals surface area contributed by atoms with Gasteiger partial charge in [0, 0.05) is 18.4 Å². The summed E-state index contributed by atoms with van der Waals surface area (Å²) < 4.78 is 30.4. The van der Waals surface area contributed by atoms with Crippen LogP contribution < -0.4 is 5.32 Å². The molecule has 3 rings (SSSR count). The van der Waals surface area contributed by atoms with E-state index in [-0.39, 0.29) is 18.0 Å². The molecule has 0 spiro atoms. The predicted molar refractivity (Wildman–Crippen MR) is 81.6 cm³/mol. The summed E-state index contributed by atoms with van der Waals surface area (Å²) in [5.74, 6) is 0.377. The number of rotatable bonds is 5. The van der Waals surface area contributed by atoms with Gasteiger partial charge in [-0.2, -0.15) is 0 Å². The van der Waals surface area contributed by atoms with Crippen LogP contribution in [-0.4, -0.2) is 35.5 Å². The van der Waals surface area contributed by atoms with E-state index in [0.29, 0.717) is 25.5 Å². The Bertz CT molecular complexity index is 642. The highest BCUT2D eigenvalue weighted by Gasteiger charge is 2.28. The van der Waals surface area contributed by atoms with Gasteiger partial charge in [0.15, 0.2) is 5.82 Å². The quantitative estimate of drug-likeness (QED) is 0.913. The number of aryl methyl sites for hydroxylation is 2. The summed E-state index contributed by atoms with van der Waals surface area (Å²) >= 11 is 0. The molecule has 23 heavy (non-hydrogen) atoms. The van der Waals surface area contributed by atoms with Crippen molar-refractivity contribution in [1.29, 1.82) is 0 Å². The molecule has 1 aliphatic rings. The van der Waals surface area contributed by atoms with Gasteiger partial charge < -0.3 is 19.3 Å². The topological polar surface area (TPSA) is 69.4 Å². The molecule has 6 nitrogen and oxygen atoms in total. The van der Waals surface area contributed by atoms with E-state index in [9.17, 15) is 4.39 Å². The van der Waals surface area contributed by atoms with Crippen molar-refractivity contribution in [2.45, 2.75) is 39.0 Å². The lowest BCUT2D eigenvalue weighted by Crippen LogP contribution is -2.44. The minimum Gasteiger partial charge on any atom is -0.379 e. The minimum absolute atomic E-state index is 0.0787. The highest BCUT2D eigenvalue weighted by atomic mass is 19.1. The zero-order chi connectivity index (χ0) is 16.2. The molecule has 0 amide bonds. The van der Waals surface area contributed by atoms with Crippen molar-refractivity contribution in [3.05, 3.63) is 41.3 Å². The fourth-order valence-electron chi connectivity index (χ4n) is 2.64. The highest BCUT2D eigenvalue weighted by molar-refractivity contribution is 5.44. The molecule has 2 atom stereocenters. The first-order chi connectivity index (χ1) is 11.1. The molecule has 0 radical (unpaired) electrons. The van der Waals surface area contributed by atoms with Gasteiger partial charge in [0.1, 0.15) is 5.76 Å². The van der Waals surface area contributed by atoms with Crippen LogP contribution in [0.4, 0.5) is 10.1 Å². The molecule has 2 aromatic heterocycles. The Hall–Kier alpha value is -1.99. The number of hydrogen-bond donors (Lipinski definition) is 1. The molecule has 1 fully saturated rings. The molecule has 1 aliphatic heterocycles. The van der Waals surface area contributed by atoms with E-state index in [1.807, 2.05) is 13.8 Å². The molecule has 1 N–H and O–H groups in total. The van der Waals surface area contributed by atoms with Crippen molar-refractivity contribution in [1.82, 2.24) is 10.1 Å². The fourth-order valence-corrected chi connectivity index (χ4v) is 2.64. The highest BCUT2D eigenvalue weighted by Crippen LogP contribution is 2.21. The predicted octanol–water partition coefficient (Wildman–Crippen LogP) is 2.61. The first-order valence-electron chi connectivity index (χ1n) is 7.62. The number of aromatic nitrogens is 2. The second kappa shape index (κ2) is 7.06. The molecule has 1 saturated heterocycles. The normalized spacial score (nSPS) is 21.3. The van der Waals surface area contributed by atoms with Crippen LogP contribution in [0.15, 0.2) is 23.0 Å². The molecular weight excluding hydrogens is 301 g/mol. The SMILES string of the molecule is Cc1noc(C)c1CO[C@@H]1CCOC[C@@H]1Nc1ccncc1F. The number of nitrogens with zero attached hydrogens (tertiary/aromatic N) is 2. The van der Waals surface area contributed by atoms with Crippen LogP contribution in [0.25, 0.3) is 0 Å². The Morgan fingerprint density at radius 3 is 3.04 bits per heavy atom. The van der Waals surface area contributed by atoms with E-state index in [4.69, 9.17) is 14.0 Å². The van der Waals surface area contributed by atoms with E-state index in [2.05, 4.69) is 15.5 Å². The maximum absolute atomic E-state index is 13.8. The summed E-state index contributed by atoms with van der Waals surface area (Å²) in [6.07, 6.45) is 3.40. The van der Waals surface area contributed by atoms with Crippen LogP contribution in [-0.2, 0) is 16.1 Å². The summed E-state index contributed by atoms with van der Waals surface area (Å²) in [6, 6.07) is 1.48. The number of ether oxygens (including phenoxy) is 2. The largest absolute Gasteiger partial charge is 0.379 e. The first kappa shape index (κ1) is 15.9. The molecule has 3 heterocycles. The van der Waals surface area contributed by atoms with Crippen LogP contribution in [0.5, 0.6) is 0 Å². The Kier molecular flexibility index (Phi) is 4.88. The molecule has 0 bridgehead atoms. The Balaban J connectivity index is 1.66. The maximum Gasteiger partial charge on any atom is 0.164 e. The standard InChI is InChI=1S/C16H20FN3O3/c1-10-12(11(2)23-20-10)8-22-16-4-6-21-9-15(16)19-14-3-5-18-7-13(14)17/h3,5,7,15-16H,4,6,8-9H2,1-2H3,(H,18,19)/t15-,16+/m0/s1. The van der Waals surface area contributed by atoms with Crippen LogP contribution in [0, 0.1) is 19.7 Å². The molecule has 124 valence electrons. The third-order valence-corrected chi connectivity index (χ3v) is 4.03. The number of nitrogens with one attached hydrogen (secondary N) is 1. The van der Waals surface area contributed by atoms with Gasteiger partial charge >= 0.3 is 0 Å². The van der Waals surface area contributed by atoms with Crippen molar-refractivity contribution in [2.75, 3.05) is 18.5 Å². The van der Waals surface area contributed by atoms with Gasteiger partial charge in [0.25, 0.3) is 0 Å². The van der Waals surface area contributed by atoms with E-state index in [0.717, 1.165) is 23.4 Å². The zero-order valence-electron chi connectivity index (χ0n) is 13.2. The van der Waals surface area contributed by atoms with Gasteiger partial charge in [-0.3, -0.25) is 4.98 Å². The van der Waals surface area contributed by atoms with E-state index < -0.39 is 0 Å². The van der Waals surface area contributed by atoms with Crippen molar-refractivity contribution in [3.8, 4) is 0 Å². The van der Waals surface area contributed by atoms with Crippen molar-refractivity contribution in [3.63, 3.8) is 0 Å².